The van der Waals surface area contributed by atoms with Crippen molar-refractivity contribution in [3.8, 4) is 5.75 Å². The molecule has 0 aliphatic heterocycles. The number of ether oxygens (including phenoxy) is 3. The number of carbonyl (C=O) groups is 2. The number of esters is 2. The van der Waals surface area contributed by atoms with Crippen LogP contribution in [0.4, 0.5) is 0 Å². The molecule has 0 aliphatic carbocycles. The van der Waals surface area contributed by atoms with Crippen LogP contribution >= 0.6 is 58.0 Å². The predicted molar refractivity (Wildman–Crippen MR) is 89.2 cm³/mol. The van der Waals surface area contributed by atoms with Gasteiger partial charge in [-0.3, -0.25) is 9.59 Å². The van der Waals surface area contributed by atoms with Gasteiger partial charge >= 0.3 is 11.9 Å². The zero-order chi connectivity index (χ0) is 17.7. The summed E-state index contributed by atoms with van der Waals surface area (Å²) in [7, 11) is 0. The van der Waals surface area contributed by atoms with Gasteiger partial charge in [0.05, 0.1) is 15.1 Å². The van der Waals surface area contributed by atoms with E-state index in [4.69, 9.17) is 72.2 Å². The first-order chi connectivity index (χ1) is 10.6. The van der Waals surface area contributed by atoms with Crippen molar-refractivity contribution in [3.63, 3.8) is 0 Å². The monoisotopic (exact) mass is 422 g/mol. The minimum atomic E-state index is -0.864. The molecule has 0 aliphatic rings. The molecule has 1 unspecified atom stereocenters. The zero-order valence-electron chi connectivity index (χ0n) is 11.9. The van der Waals surface area contributed by atoms with Crippen LogP contribution in [0.25, 0.3) is 0 Å². The predicted octanol–water partition coefficient (Wildman–Crippen LogP) is 4.83. The van der Waals surface area contributed by atoms with Crippen molar-refractivity contribution in [3.05, 3.63) is 25.1 Å². The molecule has 1 rings (SSSR count). The molecule has 1 aromatic carbocycles. The van der Waals surface area contributed by atoms with E-state index in [0.717, 1.165) is 0 Å². The Morgan fingerprint density at radius 1 is 0.826 bits per heavy atom. The van der Waals surface area contributed by atoms with Gasteiger partial charge in [-0.2, -0.15) is 0 Å². The third-order valence-electron chi connectivity index (χ3n) is 2.39. The fraction of sp³-hybridized carbons (Fsp3) is 0.385. The van der Waals surface area contributed by atoms with E-state index in [0.29, 0.717) is 0 Å². The van der Waals surface area contributed by atoms with Crippen molar-refractivity contribution >= 4 is 69.9 Å². The molecule has 0 saturated carbocycles. The Hall–Kier alpha value is -0.590. The van der Waals surface area contributed by atoms with E-state index in [1.54, 1.807) is 0 Å². The maximum atomic E-state index is 11.1. The molecule has 0 heterocycles. The lowest BCUT2D eigenvalue weighted by molar-refractivity contribution is -0.158. The quantitative estimate of drug-likeness (QED) is 0.372. The van der Waals surface area contributed by atoms with E-state index in [2.05, 4.69) is 0 Å². The average Bonchev–Trinajstić information content (AvgIpc) is 2.47. The van der Waals surface area contributed by atoms with Crippen LogP contribution in [0.1, 0.15) is 13.8 Å². The van der Waals surface area contributed by atoms with Crippen molar-refractivity contribution in [2.45, 2.75) is 20.0 Å². The van der Waals surface area contributed by atoms with Gasteiger partial charge in [-0.1, -0.05) is 58.0 Å². The molecule has 0 radical (unpaired) electrons. The van der Waals surface area contributed by atoms with Gasteiger partial charge in [0.1, 0.15) is 23.3 Å². The minimum absolute atomic E-state index is 0.00728. The molecule has 0 N–H and O–H groups in total. The summed E-state index contributed by atoms with van der Waals surface area (Å²) in [5, 5.41) is -0.143. The van der Waals surface area contributed by atoms with Gasteiger partial charge in [-0.25, -0.2) is 0 Å². The Morgan fingerprint density at radius 2 is 1.30 bits per heavy atom. The molecular formula is C13H11Cl5O5. The van der Waals surface area contributed by atoms with Gasteiger partial charge in [0.15, 0.2) is 11.9 Å². The summed E-state index contributed by atoms with van der Waals surface area (Å²) >= 11 is 29.7. The summed E-state index contributed by atoms with van der Waals surface area (Å²) in [6, 6.07) is 0. The highest BCUT2D eigenvalue weighted by Crippen LogP contribution is 2.48. The molecular weight excluding hydrogens is 413 g/mol. The third-order valence-corrected chi connectivity index (χ3v) is 4.63. The molecule has 0 amide bonds. The Balaban J connectivity index is 2.93. The standard InChI is InChI=1S/C13H11Cl5O5/c1-5(19)21-3-7(23-6(2)20)4-22-13-11(17)9(15)8(14)10(16)12(13)18/h7H,3-4H2,1-2H3. The highest BCUT2D eigenvalue weighted by atomic mass is 35.5. The van der Waals surface area contributed by atoms with Crippen molar-refractivity contribution in [2.24, 2.45) is 0 Å². The first kappa shape index (κ1) is 20.5. The summed E-state index contributed by atoms with van der Waals surface area (Å²) < 4.78 is 15.2. The Kier molecular flexibility index (Phi) is 8.04. The van der Waals surface area contributed by atoms with Gasteiger partial charge in [0.2, 0.25) is 0 Å². The number of rotatable bonds is 6. The van der Waals surface area contributed by atoms with Gasteiger partial charge in [-0.15, -0.1) is 0 Å². The second kappa shape index (κ2) is 9.04. The van der Waals surface area contributed by atoms with Crippen LogP contribution in [0, 0.1) is 0 Å². The van der Waals surface area contributed by atoms with Crippen LogP contribution < -0.4 is 4.74 Å². The van der Waals surface area contributed by atoms with Crippen LogP contribution in [0.15, 0.2) is 0 Å². The molecule has 0 spiro atoms. The SMILES string of the molecule is CC(=O)OCC(COc1c(Cl)c(Cl)c(Cl)c(Cl)c1Cl)OC(C)=O. The molecule has 10 heteroatoms. The van der Waals surface area contributed by atoms with E-state index in [-0.39, 0.29) is 44.1 Å². The molecule has 128 valence electrons. The van der Waals surface area contributed by atoms with Crippen molar-refractivity contribution in [2.75, 3.05) is 13.2 Å². The van der Waals surface area contributed by atoms with E-state index < -0.39 is 18.0 Å². The molecule has 0 saturated heterocycles. The molecule has 1 aromatic rings. The molecule has 0 aromatic heterocycles. The van der Waals surface area contributed by atoms with Gasteiger partial charge in [0.25, 0.3) is 0 Å². The van der Waals surface area contributed by atoms with Crippen LogP contribution in [0.2, 0.25) is 25.1 Å². The van der Waals surface area contributed by atoms with Gasteiger partial charge in [-0.05, 0) is 0 Å². The van der Waals surface area contributed by atoms with Crippen LogP contribution in [0.3, 0.4) is 0 Å². The Bertz CT molecular complexity index is 590. The molecule has 1 atom stereocenters. The second-order valence-electron chi connectivity index (χ2n) is 4.24. The molecule has 0 bridgehead atoms. The maximum Gasteiger partial charge on any atom is 0.303 e. The highest BCUT2D eigenvalue weighted by molar-refractivity contribution is 6.55. The van der Waals surface area contributed by atoms with Crippen LogP contribution in [-0.4, -0.2) is 31.3 Å². The van der Waals surface area contributed by atoms with Crippen molar-refractivity contribution in [1.29, 1.82) is 0 Å². The fourth-order valence-corrected chi connectivity index (χ4v) is 2.68. The largest absolute Gasteiger partial charge is 0.486 e. The minimum Gasteiger partial charge on any atom is -0.486 e. The molecule has 0 fully saturated rings. The molecule has 23 heavy (non-hydrogen) atoms. The van der Waals surface area contributed by atoms with Crippen LogP contribution in [0.5, 0.6) is 5.75 Å². The first-order valence-electron chi connectivity index (χ1n) is 6.10. The highest BCUT2D eigenvalue weighted by Gasteiger charge is 2.23. The fourth-order valence-electron chi connectivity index (χ4n) is 1.45. The summed E-state index contributed by atoms with van der Waals surface area (Å²) in [4.78, 5) is 21.9. The maximum absolute atomic E-state index is 11.1. The number of hydrogen-bond donors (Lipinski definition) is 0. The lowest BCUT2D eigenvalue weighted by Crippen LogP contribution is -2.30. The topological polar surface area (TPSA) is 61.8 Å². The number of benzene rings is 1. The Labute approximate surface area is 157 Å². The lowest BCUT2D eigenvalue weighted by Gasteiger charge is -2.19. The summed E-state index contributed by atoms with van der Waals surface area (Å²) in [6.45, 7) is 2.04. The van der Waals surface area contributed by atoms with E-state index >= 15 is 0 Å². The van der Waals surface area contributed by atoms with E-state index in [1.165, 1.54) is 13.8 Å². The number of carbonyl (C=O) groups excluding carboxylic acids is 2. The van der Waals surface area contributed by atoms with Crippen molar-refractivity contribution in [1.82, 2.24) is 0 Å². The lowest BCUT2D eigenvalue weighted by atomic mass is 10.3. The van der Waals surface area contributed by atoms with Crippen molar-refractivity contribution < 1.29 is 23.8 Å². The smallest absolute Gasteiger partial charge is 0.303 e. The number of halogens is 5. The van der Waals surface area contributed by atoms with E-state index in [1.807, 2.05) is 0 Å². The summed E-state index contributed by atoms with van der Waals surface area (Å²) in [5.41, 5.74) is 0. The summed E-state index contributed by atoms with van der Waals surface area (Å²) in [6.07, 6.45) is -0.864. The molecule has 5 nitrogen and oxygen atoms in total. The van der Waals surface area contributed by atoms with E-state index in [9.17, 15) is 9.59 Å². The van der Waals surface area contributed by atoms with Crippen LogP contribution in [-0.2, 0) is 19.1 Å². The van der Waals surface area contributed by atoms with Gasteiger partial charge < -0.3 is 14.2 Å². The first-order valence-corrected chi connectivity index (χ1v) is 7.98. The number of hydrogen-bond acceptors (Lipinski definition) is 5. The Morgan fingerprint density at radius 3 is 1.74 bits per heavy atom. The summed E-state index contributed by atoms with van der Waals surface area (Å²) in [5.74, 6) is -1.13. The third kappa shape index (κ3) is 5.76. The van der Waals surface area contributed by atoms with Gasteiger partial charge in [0, 0.05) is 13.8 Å². The second-order valence-corrected chi connectivity index (χ2v) is 6.13. The zero-order valence-corrected chi connectivity index (χ0v) is 15.7. The normalized spacial score (nSPS) is 11.8. The average molecular weight is 424 g/mol.